The molecule has 0 atom stereocenters. The summed E-state index contributed by atoms with van der Waals surface area (Å²) in [6, 6.07) is 0. The minimum Gasteiger partial charge on any atom is -0.388 e. The lowest BCUT2D eigenvalue weighted by Crippen LogP contribution is -2.44. The van der Waals surface area contributed by atoms with Crippen molar-refractivity contribution in [2.75, 3.05) is 14.2 Å². The van der Waals surface area contributed by atoms with E-state index in [1.165, 1.54) is 38.5 Å². The highest BCUT2D eigenvalue weighted by molar-refractivity contribution is 4.99. The van der Waals surface area contributed by atoms with Gasteiger partial charge in [-0.25, -0.2) is 0 Å². The van der Waals surface area contributed by atoms with Crippen LogP contribution in [0.3, 0.4) is 0 Å². The number of ether oxygens (including phenoxy) is 1. The topological polar surface area (TPSA) is 9.23 Å². The van der Waals surface area contributed by atoms with E-state index in [2.05, 4.69) is 178 Å². The molecule has 0 aliphatic heterocycles. The van der Waals surface area contributed by atoms with E-state index in [1.807, 2.05) is 13.8 Å². The average molecular weight is 745 g/mol. The minimum absolute atomic E-state index is 0.500. The fourth-order valence-electron chi connectivity index (χ4n) is 5.29. The lowest BCUT2D eigenvalue weighted by Gasteiger charge is -2.55. The first-order chi connectivity index (χ1) is 23.3. The zero-order valence-corrected chi connectivity index (χ0v) is 43.3. The van der Waals surface area contributed by atoms with Crippen molar-refractivity contribution in [2.45, 2.75) is 264 Å². The highest BCUT2D eigenvalue weighted by Gasteiger charge is 2.48. The van der Waals surface area contributed by atoms with Crippen molar-refractivity contribution < 1.29 is 4.74 Å². The average Bonchev–Trinajstić information content (AvgIpc) is 2.92. The second-order valence-corrected chi connectivity index (χ2v) is 22.3. The third kappa shape index (κ3) is 71.4. The Balaban J connectivity index is -0.0000000904. The molecule has 1 nitrogen and oxygen atoms in total. The van der Waals surface area contributed by atoms with Crippen LogP contribution in [0.25, 0.3) is 0 Å². The largest absolute Gasteiger partial charge is 0.388 e. The van der Waals surface area contributed by atoms with Crippen LogP contribution in [0.1, 0.15) is 264 Å². The van der Waals surface area contributed by atoms with Crippen LogP contribution in [-0.2, 0) is 4.74 Å². The van der Waals surface area contributed by atoms with E-state index in [4.69, 9.17) is 0 Å². The number of hydrogen-bond donors (Lipinski definition) is 0. The molecule has 0 saturated heterocycles. The van der Waals surface area contributed by atoms with Gasteiger partial charge in [0.2, 0.25) is 0 Å². The molecule has 0 amide bonds. The number of rotatable bonds is 2. The maximum atomic E-state index is 4.25. The summed E-state index contributed by atoms with van der Waals surface area (Å²) in [6.45, 7) is 59.7. The molecule has 1 heteroatoms. The highest BCUT2D eigenvalue weighted by atomic mass is 16.4. The van der Waals surface area contributed by atoms with Crippen molar-refractivity contribution in [1.29, 1.82) is 0 Å². The van der Waals surface area contributed by atoms with E-state index < -0.39 is 0 Å². The second-order valence-electron chi connectivity index (χ2n) is 22.3. The van der Waals surface area contributed by atoms with E-state index in [9.17, 15) is 0 Å². The molecule has 0 aromatic heterocycles. The standard InChI is InChI=1S/C11H18.2C7H16.C6H14.C5H12.2C4H10.C3H8.C2H6O.C2H6/c1-11-5-8-2-9(6-11)4-10(3-8)7-11;1-6(2)7(3,4)5;1-5-6-7(2,3)4;1-5-6(2,3)4;1-5(2,3)4;1-4(2)3;1-3-4-2;2*1-3-2;1-2/h8-10H,2-7H2,1H3;6H,1-5H3;5-6H2,1-4H3;5H2,1-4H3;1-4H3;4H,1-3H3;3-4H2,1-2H3;3H2,1-2H3;1-2H3;1-2H3. The van der Waals surface area contributed by atoms with Crippen LogP contribution in [0, 0.1) is 56.7 Å². The SMILES string of the molecule is CC.CC(C)(C)C.CC(C)C.CC(C)C(C)(C)C.CC12CC3CC(CC(C3)C1)C2.CCC.CCC(C)(C)C.CCCC.CCCC(C)(C)C.COC. The number of hydrogen-bond acceptors (Lipinski definition) is 1. The van der Waals surface area contributed by atoms with Gasteiger partial charge in [-0.1, -0.05) is 219 Å². The zero-order chi connectivity index (χ0) is 43.6. The van der Waals surface area contributed by atoms with Crippen LogP contribution in [0.5, 0.6) is 0 Å². The lowest BCUT2D eigenvalue weighted by molar-refractivity contribution is -0.0411. The van der Waals surface area contributed by atoms with E-state index in [-0.39, 0.29) is 0 Å². The first kappa shape index (κ1) is 66.8. The first-order valence-electron chi connectivity index (χ1n) is 22.7. The van der Waals surface area contributed by atoms with Crippen molar-refractivity contribution in [3.8, 4) is 0 Å². The van der Waals surface area contributed by atoms with Crippen LogP contribution in [0.2, 0.25) is 0 Å². The summed E-state index contributed by atoms with van der Waals surface area (Å²) >= 11 is 0. The van der Waals surface area contributed by atoms with Crippen molar-refractivity contribution in [3.63, 3.8) is 0 Å². The fraction of sp³-hybridized carbons (Fsp3) is 1.00. The normalized spacial score (nSPS) is 20.7. The molecular weight excluding hydrogens is 629 g/mol. The molecule has 4 aliphatic carbocycles. The summed E-state index contributed by atoms with van der Waals surface area (Å²) in [5, 5.41) is 0. The summed E-state index contributed by atoms with van der Waals surface area (Å²) in [7, 11) is 3.25. The van der Waals surface area contributed by atoms with Gasteiger partial charge in [0.05, 0.1) is 0 Å². The van der Waals surface area contributed by atoms with E-state index >= 15 is 0 Å². The van der Waals surface area contributed by atoms with Gasteiger partial charge in [-0.05, 0) is 102 Å². The highest BCUT2D eigenvalue weighted by Crippen LogP contribution is 2.59. The Morgan fingerprint density at radius 1 is 0.538 bits per heavy atom. The van der Waals surface area contributed by atoms with Gasteiger partial charge in [0.25, 0.3) is 0 Å². The predicted octanol–water partition coefficient (Wildman–Crippen LogP) is 19.4. The Morgan fingerprint density at radius 3 is 0.788 bits per heavy atom. The number of methoxy groups -OCH3 is 1. The smallest absolute Gasteiger partial charge is 0.0351 e. The summed E-state index contributed by atoms with van der Waals surface area (Å²) in [5.74, 6) is 5.07. The van der Waals surface area contributed by atoms with Gasteiger partial charge in [-0.15, -0.1) is 0 Å². The number of unbranched alkanes of at least 4 members (excludes halogenated alkanes) is 1. The fourth-order valence-corrected chi connectivity index (χ4v) is 5.29. The molecule has 0 spiro atoms. The van der Waals surface area contributed by atoms with Gasteiger partial charge < -0.3 is 4.74 Å². The van der Waals surface area contributed by atoms with Gasteiger partial charge in [-0.3, -0.25) is 0 Å². The molecule has 4 fully saturated rings. The van der Waals surface area contributed by atoms with Crippen LogP contribution in [-0.4, -0.2) is 14.2 Å². The van der Waals surface area contributed by atoms with Crippen LogP contribution >= 0.6 is 0 Å². The molecule has 0 aromatic carbocycles. The third-order valence-corrected chi connectivity index (χ3v) is 8.64. The van der Waals surface area contributed by atoms with E-state index in [1.54, 1.807) is 52.7 Å². The van der Waals surface area contributed by atoms with E-state index in [0.717, 1.165) is 35.0 Å². The molecule has 4 rings (SSSR count). The summed E-state index contributed by atoms with van der Waals surface area (Å²) < 4.78 is 4.25. The van der Waals surface area contributed by atoms with Crippen LogP contribution in [0.4, 0.5) is 0 Å². The zero-order valence-electron chi connectivity index (χ0n) is 43.3. The molecule has 326 valence electrons. The maximum Gasteiger partial charge on any atom is 0.0351 e. The molecular formula is C51H116O. The maximum absolute atomic E-state index is 4.25. The monoisotopic (exact) mass is 745 g/mol. The van der Waals surface area contributed by atoms with Crippen molar-refractivity contribution in [1.82, 2.24) is 0 Å². The molecule has 0 N–H and O–H groups in total. The molecule has 0 heterocycles. The molecule has 0 aromatic rings. The molecule has 4 aliphatic rings. The molecule has 4 saturated carbocycles. The lowest BCUT2D eigenvalue weighted by atomic mass is 9.50. The molecule has 0 radical (unpaired) electrons. The summed E-state index contributed by atoms with van der Waals surface area (Å²) in [6.07, 6.45) is 17.3. The van der Waals surface area contributed by atoms with Gasteiger partial charge in [0, 0.05) is 14.2 Å². The minimum atomic E-state index is 0.500. The van der Waals surface area contributed by atoms with E-state index in [0.29, 0.717) is 21.7 Å². The Kier molecular flexibility index (Phi) is 48.6. The Hall–Kier alpha value is -0.0400. The van der Waals surface area contributed by atoms with Crippen LogP contribution < -0.4 is 0 Å². The Labute approximate surface area is 338 Å². The molecule has 0 unspecified atom stereocenters. The summed E-state index contributed by atoms with van der Waals surface area (Å²) in [4.78, 5) is 0. The van der Waals surface area contributed by atoms with Crippen molar-refractivity contribution >= 4 is 0 Å². The van der Waals surface area contributed by atoms with Gasteiger partial charge in [0.15, 0.2) is 0 Å². The van der Waals surface area contributed by atoms with Crippen molar-refractivity contribution in [2.24, 2.45) is 56.7 Å². The van der Waals surface area contributed by atoms with Crippen LogP contribution in [0.15, 0.2) is 0 Å². The Morgan fingerprint density at radius 2 is 0.731 bits per heavy atom. The quantitative estimate of drug-likeness (QED) is 0.274. The van der Waals surface area contributed by atoms with Gasteiger partial charge >= 0.3 is 0 Å². The summed E-state index contributed by atoms with van der Waals surface area (Å²) in [5.41, 5.74) is 2.89. The Bertz CT molecular complexity index is 593. The third-order valence-electron chi connectivity index (χ3n) is 8.64. The van der Waals surface area contributed by atoms with Gasteiger partial charge in [-0.2, -0.15) is 0 Å². The van der Waals surface area contributed by atoms with Gasteiger partial charge in [0.1, 0.15) is 0 Å². The predicted molar refractivity (Wildman–Crippen MR) is 251 cm³/mol. The second kappa shape index (κ2) is 37.9. The molecule has 4 bridgehead atoms. The first-order valence-corrected chi connectivity index (χ1v) is 22.7. The molecule has 52 heavy (non-hydrogen) atoms. The van der Waals surface area contributed by atoms with Crippen molar-refractivity contribution in [3.05, 3.63) is 0 Å².